The number of carbonyl (C=O) groups excluding carboxylic acids is 1. The molecule has 0 bridgehead atoms. The molecule has 118 valence electrons. The minimum atomic E-state index is -0.490. The number of rotatable bonds is 4. The highest BCUT2D eigenvalue weighted by atomic mass is 33.1. The number of hydrogen-bond donors (Lipinski definition) is 1. The van der Waals surface area contributed by atoms with Gasteiger partial charge in [0, 0.05) is 16.2 Å². The Bertz CT molecular complexity index is 476. The molecule has 5 heteroatoms. The van der Waals surface area contributed by atoms with Crippen molar-refractivity contribution in [2.45, 2.75) is 57.6 Å². The average molecular weight is 328 g/mol. The van der Waals surface area contributed by atoms with E-state index in [0.717, 1.165) is 17.0 Å². The molecule has 1 aromatic carbocycles. The zero-order valence-corrected chi connectivity index (χ0v) is 15.3. The van der Waals surface area contributed by atoms with Crippen molar-refractivity contribution < 1.29 is 9.53 Å². The fourth-order valence-electron chi connectivity index (χ4n) is 1.45. The zero-order chi connectivity index (χ0) is 16.1. The molecule has 0 aliphatic carbocycles. The molecule has 0 saturated heterocycles. The smallest absolute Gasteiger partial charge is 0.412 e. The van der Waals surface area contributed by atoms with Crippen LogP contribution in [0.2, 0.25) is 0 Å². The molecule has 0 unspecified atom stereocenters. The monoisotopic (exact) mass is 327 g/mol. The fourth-order valence-corrected chi connectivity index (χ4v) is 3.86. The third-order valence-electron chi connectivity index (χ3n) is 2.18. The van der Waals surface area contributed by atoms with Gasteiger partial charge in [0.2, 0.25) is 0 Å². The predicted molar refractivity (Wildman–Crippen MR) is 94.9 cm³/mol. The van der Waals surface area contributed by atoms with E-state index < -0.39 is 11.7 Å². The number of anilines is 1. The van der Waals surface area contributed by atoms with Crippen molar-refractivity contribution in [3.63, 3.8) is 0 Å². The summed E-state index contributed by atoms with van der Waals surface area (Å²) in [4.78, 5) is 11.9. The van der Waals surface area contributed by atoms with E-state index in [1.54, 1.807) is 10.8 Å². The van der Waals surface area contributed by atoms with Gasteiger partial charge in [0.25, 0.3) is 0 Å². The van der Waals surface area contributed by atoms with Crippen molar-refractivity contribution >= 4 is 33.4 Å². The average Bonchev–Trinajstić information content (AvgIpc) is 2.27. The van der Waals surface area contributed by atoms with Crippen LogP contribution < -0.4 is 5.32 Å². The lowest BCUT2D eigenvalue weighted by atomic mass is 10.2. The number of nitrogens with one attached hydrogen (secondary N) is 1. The van der Waals surface area contributed by atoms with E-state index in [1.807, 2.05) is 55.8 Å². The van der Waals surface area contributed by atoms with Crippen LogP contribution in [-0.2, 0) is 10.5 Å². The van der Waals surface area contributed by atoms with Gasteiger partial charge in [-0.1, -0.05) is 60.6 Å². The van der Waals surface area contributed by atoms with Gasteiger partial charge in [-0.3, -0.25) is 5.32 Å². The van der Waals surface area contributed by atoms with E-state index in [0.29, 0.717) is 0 Å². The molecule has 1 N–H and O–H groups in total. The summed E-state index contributed by atoms with van der Waals surface area (Å²) >= 11 is 0. The molecule has 0 heterocycles. The van der Waals surface area contributed by atoms with Gasteiger partial charge in [0.05, 0.1) is 0 Å². The van der Waals surface area contributed by atoms with Crippen molar-refractivity contribution in [1.82, 2.24) is 0 Å². The Hall–Kier alpha value is -0.810. The summed E-state index contributed by atoms with van der Waals surface area (Å²) in [5, 5.41) is 2.83. The second-order valence-corrected chi connectivity index (χ2v) is 9.86. The minimum Gasteiger partial charge on any atom is -0.444 e. The Morgan fingerprint density at radius 1 is 1.14 bits per heavy atom. The first kappa shape index (κ1) is 18.2. The summed E-state index contributed by atoms with van der Waals surface area (Å²) in [6.45, 7) is 12.1. The summed E-state index contributed by atoms with van der Waals surface area (Å²) < 4.78 is 5.51. The standard InChI is InChI=1S/C16H25NO2S2/c1-15(2,3)19-14(18)17-13-10-8-7-9-12(13)11-20-21-16(4,5)6/h7-10H,11H2,1-6H3,(H,17,18). The van der Waals surface area contributed by atoms with E-state index in [9.17, 15) is 4.79 Å². The van der Waals surface area contributed by atoms with Crippen LogP contribution in [0.4, 0.5) is 10.5 Å². The SMILES string of the molecule is CC(C)(C)OC(=O)Nc1ccccc1CSSC(C)(C)C. The number of benzene rings is 1. The van der Waals surface area contributed by atoms with Crippen molar-refractivity contribution in [1.29, 1.82) is 0 Å². The summed E-state index contributed by atoms with van der Waals surface area (Å²) in [6.07, 6.45) is -0.413. The molecule has 0 fully saturated rings. The molecule has 0 aliphatic heterocycles. The normalized spacial score (nSPS) is 12.1. The van der Waals surface area contributed by atoms with E-state index >= 15 is 0 Å². The summed E-state index contributed by atoms with van der Waals surface area (Å²) in [5.74, 6) is 0.841. The Morgan fingerprint density at radius 3 is 2.33 bits per heavy atom. The van der Waals surface area contributed by atoms with Gasteiger partial charge in [-0.05, 0) is 32.4 Å². The van der Waals surface area contributed by atoms with Crippen LogP contribution in [0.1, 0.15) is 47.1 Å². The molecule has 1 rings (SSSR count). The Labute approximate surface area is 136 Å². The van der Waals surface area contributed by atoms with E-state index in [-0.39, 0.29) is 4.75 Å². The minimum absolute atomic E-state index is 0.220. The van der Waals surface area contributed by atoms with Gasteiger partial charge in [-0.15, -0.1) is 0 Å². The number of ether oxygens (including phenoxy) is 1. The fraction of sp³-hybridized carbons (Fsp3) is 0.562. The predicted octanol–water partition coefficient (Wildman–Crippen LogP) is 5.71. The molecule has 0 saturated carbocycles. The van der Waals surface area contributed by atoms with Crippen LogP contribution in [0.3, 0.4) is 0 Å². The topological polar surface area (TPSA) is 38.3 Å². The summed E-state index contributed by atoms with van der Waals surface area (Å²) in [7, 11) is 3.63. The van der Waals surface area contributed by atoms with E-state index in [4.69, 9.17) is 4.74 Å². The second kappa shape index (κ2) is 7.45. The first-order chi connectivity index (χ1) is 9.57. The van der Waals surface area contributed by atoms with Crippen LogP contribution in [0, 0.1) is 0 Å². The van der Waals surface area contributed by atoms with Gasteiger partial charge in [0.15, 0.2) is 0 Å². The van der Waals surface area contributed by atoms with Crippen molar-refractivity contribution in [3.05, 3.63) is 29.8 Å². The summed E-state index contributed by atoms with van der Waals surface area (Å²) in [5.41, 5.74) is 1.43. The van der Waals surface area contributed by atoms with Crippen LogP contribution in [0.5, 0.6) is 0 Å². The van der Waals surface area contributed by atoms with Gasteiger partial charge in [-0.2, -0.15) is 0 Å². The van der Waals surface area contributed by atoms with Crippen molar-refractivity contribution in [3.8, 4) is 0 Å². The molecule has 1 aromatic rings. The first-order valence-corrected chi connectivity index (χ1v) is 9.27. The Kier molecular flexibility index (Phi) is 6.47. The van der Waals surface area contributed by atoms with Crippen molar-refractivity contribution in [2.75, 3.05) is 5.32 Å². The molecule has 1 amide bonds. The highest BCUT2D eigenvalue weighted by Gasteiger charge is 2.17. The van der Waals surface area contributed by atoms with Crippen LogP contribution in [0.15, 0.2) is 24.3 Å². The largest absolute Gasteiger partial charge is 0.444 e. The Balaban J connectivity index is 2.65. The van der Waals surface area contributed by atoms with Gasteiger partial charge < -0.3 is 4.74 Å². The molecule has 0 aromatic heterocycles. The van der Waals surface area contributed by atoms with Crippen LogP contribution >= 0.6 is 21.6 Å². The zero-order valence-electron chi connectivity index (χ0n) is 13.6. The maximum absolute atomic E-state index is 11.9. The highest BCUT2D eigenvalue weighted by Crippen LogP contribution is 2.38. The number of amides is 1. The Morgan fingerprint density at radius 2 is 1.76 bits per heavy atom. The lowest BCUT2D eigenvalue weighted by molar-refractivity contribution is 0.0636. The molecule has 0 radical (unpaired) electrons. The molecular weight excluding hydrogens is 302 g/mol. The number of hydrogen-bond acceptors (Lipinski definition) is 4. The molecule has 0 aliphatic rings. The van der Waals surface area contributed by atoms with E-state index in [2.05, 4.69) is 26.1 Å². The van der Waals surface area contributed by atoms with Crippen LogP contribution in [0.25, 0.3) is 0 Å². The molecule has 21 heavy (non-hydrogen) atoms. The molecule has 0 spiro atoms. The number of para-hydroxylation sites is 1. The van der Waals surface area contributed by atoms with Gasteiger partial charge >= 0.3 is 6.09 Å². The molecule has 3 nitrogen and oxygen atoms in total. The summed E-state index contributed by atoms with van der Waals surface area (Å²) in [6, 6.07) is 7.83. The van der Waals surface area contributed by atoms with Crippen LogP contribution in [-0.4, -0.2) is 16.4 Å². The molecule has 0 atom stereocenters. The lowest BCUT2D eigenvalue weighted by Gasteiger charge is -2.21. The lowest BCUT2D eigenvalue weighted by Crippen LogP contribution is -2.27. The van der Waals surface area contributed by atoms with Crippen molar-refractivity contribution in [2.24, 2.45) is 0 Å². The van der Waals surface area contributed by atoms with E-state index in [1.165, 1.54) is 0 Å². The third kappa shape index (κ3) is 8.27. The molecular formula is C16H25NO2S2. The third-order valence-corrected chi connectivity index (χ3v) is 5.43. The second-order valence-electron chi connectivity index (χ2n) is 6.74. The first-order valence-electron chi connectivity index (χ1n) is 6.95. The maximum atomic E-state index is 11.9. The highest BCUT2D eigenvalue weighted by molar-refractivity contribution is 8.76. The van der Waals surface area contributed by atoms with Gasteiger partial charge in [0.1, 0.15) is 5.60 Å². The maximum Gasteiger partial charge on any atom is 0.412 e. The quantitative estimate of drug-likeness (QED) is 0.718. The number of carbonyl (C=O) groups is 1. The van der Waals surface area contributed by atoms with Gasteiger partial charge in [-0.25, -0.2) is 4.79 Å².